The van der Waals surface area contributed by atoms with Crippen molar-refractivity contribution in [3.63, 3.8) is 0 Å². The number of nitriles is 1. The first-order valence-corrected chi connectivity index (χ1v) is 5.77. The van der Waals surface area contributed by atoms with Gasteiger partial charge in [0.1, 0.15) is 11.7 Å². The summed E-state index contributed by atoms with van der Waals surface area (Å²) in [6.07, 6.45) is 1.68. The smallest absolute Gasteiger partial charge is 0.328 e. The molecule has 1 N–H and O–H groups in total. The van der Waals surface area contributed by atoms with Crippen LogP contribution in [-0.4, -0.2) is 30.0 Å². The number of pyridine rings is 1. The molecule has 0 bridgehead atoms. The van der Waals surface area contributed by atoms with Crippen molar-refractivity contribution in [1.82, 2.24) is 10.3 Å². The van der Waals surface area contributed by atoms with Crippen molar-refractivity contribution in [2.75, 3.05) is 7.11 Å². The zero-order valence-electron chi connectivity index (χ0n) is 10.8. The summed E-state index contributed by atoms with van der Waals surface area (Å²) in [5.41, 5.74) is 0.209. The number of aromatic nitrogens is 1. The molecule has 0 radical (unpaired) electrons. The number of carbonyl (C=O) groups excluding carboxylic acids is 2. The summed E-state index contributed by atoms with van der Waals surface area (Å²) in [4.78, 5) is 27.3. The average Bonchev–Trinajstić information content (AvgIpc) is 2.46. The third kappa shape index (κ3) is 4.39. The van der Waals surface area contributed by atoms with Crippen LogP contribution in [0.2, 0.25) is 0 Å². The lowest BCUT2D eigenvalue weighted by Gasteiger charge is -2.17. The van der Waals surface area contributed by atoms with Crippen LogP contribution in [0.1, 0.15) is 23.8 Å². The number of carbonyl (C=O) groups is 2. The van der Waals surface area contributed by atoms with Crippen LogP contribution in [0.5, 0.6) is 0 Å². The Bertz CT molecular complexity index is 482. The van der Waals surface area contributed by atoms with E-state index in [1.165, 1.54) is 19.4 Å². The maximum atomic E-state index is 11.9. The molecule has 0 aliphatic carbocycles. The second-order valence-electron chi connectivity index (χ2n) is 4.03. The molecule has 0 fully saturated rings. The molecule has 1 rings (SSSR count). The van der Waals surface area contributed by atoms with Gasteiger partial charge >= 0.3 is 5.97 Å². The van der Waals surface area contributed by atoms with E-state index in [4.69, 9.17) is 5.26 Å². The van der Waals surface area contributed by atoms with Crippen LogP contribution >= 0.6 is 0 Å². The standard InChI is InChI=1S/C13H15N3O3/c1-9(8-14)7-11(13(18)19-2)16-12(17)10-5-3-4-6-15-10/h3-6,9,11H,7H2,1-2H3,(H,16,17)/t9-,11+/m0/s1. The predicted octanol–water partition coefficient (Wildman–Crippen LogP) is 0.903. The third-order valence-corrected chi connectivity index (χ3v) is 2.50. The Hall–Kier alpha value is -2.42. The zero-order chi connectivity index (χ0) is 14.3. The van der Waals surface area contributed by atoms with E-state index in [0.29, 0.717) is 0 Å². The first-order valence-electron chi connectivity index (χ1n) is 5.77. The second kappa shape index (κ2) is 7.11. The molecule has 1 heterocycles. The lowest BCUT2D eigenvalue weighted by atomic mass is 10.0. The van der Waals surface area contributed by atoms with E-state index in [1.807, 2.05) is 6.07 Å². The summed E-state index contributed by atoms with van der Waals surface area (Å²) < 4.78 is 4.61. The van der Waals surface area contributed by atoms with Gasteiger partial charge in [-0.3, -0.25) is 9.78 Å². The van der Waals surface area contributed by atoms with Gasteiger partial charge in [0.2, 0.25) is 0 Å². The van der Waals surface area contributed by atoms with Crippen molar-refractivity contribution < 1.29 is 14.3 Å². The molecule has 0 aromatic carbocycles. The van der Waals surface area contributed by atoms with Gasteiger partial charge in [-0.05, 0) is 25.5 Å². The minimum atomic E-state index is -0.853. The van der Waals surface area contributed by atoms with Crippen LogP contribution in [0.4, 0.5) is 0 Å². The topological polar surface area (TPSA) is 92.1 Å². The highest BCUT2D eigenvalue weighted by Gasteiger charge is 2.24. The number of methoxy groups -OCH3 is 1. The molecule has 1 aromatic rings. The van der Waals surface area contributed by atoms with Crippen LogP contribution in [0.3, 0.4) is 0 Å². The van der Waals surface area contributed by atoms with Crippen molar-refractivity contribution >= 4 is 11.9 Å². The first-order chi connectivity index (χ1) is 9.08. The highest BCUT2D eigenvalue weighted by molar-refractivity contribution is 5.95. The number of amides is 1. The highest BCUT2D eigenvalue weighted by Crippen LogP contribution is 2.07. The Kier molecular flexibility index (Phi) is 5.48. The molecule has 0 unspecified atom stereocenters. The van der Waals surface area contributed by atoms with E-state index in [1.54, 1.807) is 19.1 Å². The fourth-order valence-electron chi connectivity index (χ4n) is 1.49. The highest BCUT2D eigenvalue weighted by atomic mass is 16.5. The van der Waals surface area contributed by atoms with Gasteiger partial charge in [0, 0.05) is 12.1 Å². The Labute approximate surface area is 111 Å². The van der Waals surface area contributed by atoms with Gasteiger partial charge < -0.3 is 10.1 Å². The zero-order valence-corrected chi connectivity index (χ0v) is 10.8. The maximum Gasteiger partial charge on any atom is 0.328 e. The summed E-state index contributed by atoms with van der Waals surface area (Å²) in [6.45, 7) is 1.67. The molecule has 0 aliphatic heterocycles. The van der Waals surface area contributed by atoms with Gasteiger partial charge in [-0.2, -0.15) is 5.26 Å². The van der Waals surface area contributed by atoms with E-state index in [-0.39, 0.29) is 18.0 Å². The number of nitrogens with zero attached hydrogens (tertiary/aromatic N) is 2. The van der Waals surface area contributed by atoms with Crippen LogP contribution in [0.15, 0.2) is 24.4 Å². The Balaban J connectivity index is 2.75. The lowest BCUT2D eigenvalue weighted by molar-refractivity contribution is -0.143. The fourth-order valence-corrected chi connectivity index (χ4v) is 1.49. The fraction of sp³-hybridized carbons (Fsp3) is 0.385. The largest absolute Gasteiger partial charge is 0.467 e. The summed E-state index contributed by atoms with van der Waals surface area (Å²) in [5.74, 6) is -1.42. The predicted molar refractivity (Wildman–Crippen MR) is 66.9 cm³/mol. The molecule has 1 amide bonds. The van der Waals surface area contributed by atoms with E-state index in [9.17, 15) is 9.59 Å². The van der Waals surface area contributed by atoms with Crippen LogP contribution in [0.25, 0.3) is 0 Å². The van der Waals surface area contributed by atoms with Gasteiger partial charge in [0.25, 0.3) is 5.91 Å². The molecular weight excluding hydrogens is 246 g/mol. The van der Waals surface area contributed by atoms with E-state index >= 15 is 0 Å². The van der Waals surface area contributed by atoms with Gasteiger partial charge in [-0.15, -0.1) is 0 Å². The lowest BCUT2D eigenvalue weighted by Crippen LogP contribution is -2.42. The minimum Gasteiger partial charge on any atom is -0.467 e. The van der Waals surface area contributed by atoms with Crippen molar-refractivity contribution in [1.29, 1.82) is 5.26 Å². The average molecular weight is 261 g/mol. The second-order valence-corrected chi connectivity index (χ2v) is 4.03. The van der Waals surface area contributed by atoms with E-state index in [2.05, 4.69) is 15.0 Å². The van der Waals surface area contributed by atoms with Crippen LogP contribution in [-0.2, 0) is 9.53 Å². The summed E-state index contributed by atoms with van der Waals surface area (Å²) >= 11 is 0. The molecular formula is C13H15N3O3. The Morgan fingerprint density at radius 2 is 2.26 bits per heavy atom. The van der Waals surface area contributed by atoms with Crippen molar-refractivity contribution in [3.05, 3.63) is 30.1 Å². The number of nitrogens with one attached hydrogen (secondary N) is 1. The van der Waals surface area contributed by atoms with E-state index in [0.717, 1.165) is 0 Å². The van der Waals surface area contributed by atoms with Gasteiger partial charge in [-0.25, -0.2) is 4.79 Å². The monoisotopic (exact) mass is 261 g/mol. The van der Waals surface area contributed by atoms with Gasteiger partial charge in [0.15, 0.2) is 0 Å². The van der Waals surface area contributed by atoms with Gasteiger partial charge in [-0.1, -0.05) is 6.07 Å². The Morgan fingerprint density at radius 1 is 1.53 bits per heavy atom. The third-order valence-electron chi connectivity index (χ3n) is 2.50. The number of ether oxygens (including phenoxy) is 1. The summed E-state index contributed by atoms with van der Waals surface area (Å²) in [5, 5.41) is 11.3. The SMILES string of the molecule is COC(=O)[C@@H](C[C@H](C)C#N)NC(=O)c1ccccn1. The number of esters is 1. The normalized spacial score (nSPS) is 12.9. The number of hydrogen-bond acceptors (Lipinski definition) is 5. The van der Waals surface area contributed by atoms with Crippen LogP contribution in [0, 0.1) is 17.2 Å². The summed E-state index contributed by atoms with van der Waals surface area (Å²) in [6, 6.07) is 6.06. The molecule has 0 saturated carbocycles. The molecule has 0 aliphatic rings. The molecule has 6 nitrogen and oxygen atoms in total. The summed E-state index contributed by atoms with van der Waals surface area (Å²) in [7, 11) is 1.24. The Morgan fingerprint density at radius 3 is 2.79 bits per heavy atom. The van der Waals surface area contributed by atoms with Crippen molar-refractivity contribution in [2.45, 2.75) is 19.4 Å². The van der Waals surface area contributed by atoms with Crippen molar-refractivity contribution in [3.8, 4) is 6.07 Å². The van der Waals surface area contributed by atoms with Crippen LogP contribution < -0.4 is 5.32 Å². The molecule has 2 atom stereocenters. The quantitative estimate of drug-likeness (QED) is 0.795. The van der Waals surface area contributed by atoms with Crippen molar-refractivity contribution in [2.24, 2.45) is 5.92 Å². The first kappa shape index (κ1) is 14.6. The van der Waals surface area contributed by atoms with E-state index < -0.39 is 17.9 Å². The molecule has 0 spiro atoms. The molecule has 6 heteroatoms. The molecule has 0 saturated heterocycles. The molecule has 19 heavy (non-hydrogen) atoms. The minimum absolute atomic E-state index is 0.196. The molecule has 100 valence electrons. The molecule has 1 aromatic heterocycles. The number of hydrogen-bond donors (Lipinski definition) is 1. The number of rotatable bonds is 5. The maximum absolute atomic E-state index is 11.9. The van der Waals surface area contributed by atoms with Gasteiger partial charge in [0.05, 0.1) is 13.2 Å².